The first-order valence-corrected chi connectivity index (χ1v) is 7.08. The van der Waals surface area contributed by atoms with Gasteiger partial charge in [0.05, 0.1) is 23.5 Å². The largest absolute Gasteiger partial charge is 0.495 e. The minimum atomic E-state index is -1.12. The number of ether oxygens (including phenoxy) is 1. The van der Waals surface area contributed by atoms with Gasteiger partial charge in [-0.15, -0.1) is 0 Å². The molecule has 7 nitrogen and oxygen atoms in total. The highest BCUT2D eigenvalue weighted by atomic mass is 35.5. The summed E-state index contributed by atoms with van der Waals surface area (Å²) in [6.07, 6.45) is -0.391. The number of aliphatic carboxylic acids is 1. The number of carbonyl (C=O) groups is 2. The molecule has 2 aromatic rings. The number of methoxy groups -OCH3 is 1. The molecule has 0 aliphatic carbocycles. The molecular weight excluding hydrogens is 338 g/mol. The summed E-state index contributed by atoms with van der Waals surface area (Å²) in [5.74, 6) is -1.36. The zero-order chi connectivity index (χ0) is 17.9. The number of nitro benzene ring substituents is 1. The predicted molar refractivity (Wildman–Crippen MR) is 85.9 cm³/mol. The number of nitrogens with zero attached hydrogens (tertiary/aromatic N) is 1. The van der Waals surface area contributed by atoms with E-state index in [4.69, 9.17) is 21.4 Å². The van der Waals surface area contributed by atoms with Gasteiger partial charge in [0.2, 0.25) is 0 Å². The Hall–Kier alpha value is -2.93. The van der Waals surface area contributed by atoms with E-state index in [1.54, 1.807) is 0 Å². The van der Waals surface area contributed by atoms with Crippen LogP contribution >= 0.6 is 11.6 Å². The average molecular weight is 350 g/mol. The van der Waals surface area contributed by atoms with Crippen LogP contribution in [-0.4, -0.2) is 28.9 Å². The SMILES string of the molecule is COc1cc(C(=O)c2ccc([N+](=O)[O-])cc2)c(CC(=O)O)cc1Cl. The molecule has 0 bridgehead atoms. The van der Waals surface area contributed by atoms with E-state index in [0.29, 0.717) is 0 Å². The molecule has 2 rings (SSSR count). The number of halogens is 1. The molecule has 0 aromatic heterocycles. The van der Waals surface area contributed by atoms with Crippen LogP contribution < -0.4 is 4.74 Å². The second-order valence-corrected chi connectivity index (χ2v) is 5.25. The lowest BCUT2D eigenvalue weighted by molar-refractivity contribution is -0.384. The van der Waals surface area contributed by atoms with Crippen molar-refractivity contribution in [3.8, 4) is 5.75 Å². The number of hydrogen-bond acceptors (Lipinski definition) is 5. The summed E-state index contributed by atoms with van der Waals surface area (Å²) in [6.45, 7) is 0. The molecule has 1 N–H and O–H groups in total. The van der Waals surface area contributed by atoms with Gasteiger partial charge in [-0.05, 0) is 29.8 Å². The molecule has 0 unspecified atom stereocenters. The Balaban J connectivity index is 2.50. The van der Waals surface area contributed by atoms with E-state index in [2.05, 4.69) is 0 Å². The maximum atomic E-state index is 12.6. The number of non-ortho nitro benzene ring substituents is 1. The molecule has 24 heavy (non-hydrogen) atoms. The zero-order valence-electron chi connectivity index (χ0n) is 12.5. The Labute approximate surface area is 141 Å². The lowest BCUT2D eigenvalue weighted by Crippen LogP contribution is -2.10. The highest BCUT2D eigenvalue weighted by molar-refractivity contribution is 6.32. The van der Waals surface area contributed by atoms with Crippen LogP contribution in [0.1, 0.15) is 21.5 Å². The van der Waals surface area contributed by atoms with Crippen LogP contribution in [-0.2, 0) is 11.2 Å². The molecule has 124 valence electrons. The summed E-state index contributed by atoms with van der Waals surface area (Å²) < 4.78 is 5.06. The summed E-state index contributed by atoms with van der Waals surface area (Å²) in [5, 5.41) is 19.9. The number of carboxylic acids is 1. The van der Waals surface area contributed by atoms with Gasteiger partial charge in [0.15, 0.2) is 5.78 Å². The van der Waals surface area contributed by atoms with Crippen molar-refractivity contribution in [2.45, 2.75) is 6.42 Å². The zero-order valence-corrected chi connectivity index (χ0v) is 13.2. The van der Waals surface area contributed by atoms with Crippen molar-refractivity contribution in [2.24, 2.45) is 0 Å². The van der Waals surface area contributed by atoms with Crippen LogP contribution in [0.4, 0.5) is 5.69 Å². The molecule has 0 radical (unpaired) electrons. The fourth-order valence-corrected chi connectivity index (χ4v) is 2.42. The van der Waals surface area contributed by atoms with Gasteiger partial charge in [0.1, 0.15) is 5.75 Å². The quantitative estimate of drug-likeness (QED) is 0.488. The Kier molecular flexibility index (Phi) is 5.15. The van der Waals surface area contributed by atoms with Crippen molar-refractivity contribution in [1.82, 2.24) is 0 Å². The molecule has 0 saturated carbocycles. The van der Waals surface area contributed by atoms with Crippen molar-refractivity contribution in [3.63, 3.8) is 0 Å². The van der Waals surface area contributed by atoms with E-state index in [1.807, 2.05) is 0 Å². The van der Waals surface area contributed by atoms with E-state index in [-0.39, 0.29) is 33.1 Å². The monoisotopic (exact) mass is 349 g/mol. The first-order valence-electron chi connectivity index (χ1n) is 6.71. The summed E-state index contributed by atoms with van der Waals surface area (Å²) in [6, 6.07) is 7.77. The maximum absolute atomic E-state index is 12.6. The Morgan fingerprint density at radius 2 is 1.88 bits per heavy atom. The maximum Gasteiger partial charge on any atom is 0.307 e. The van der Waals surface area contributed by atoms with Crippen molar-refractivity contribution < 1.29 is 24.4 Å². The van der Waals surface area contributed by atoms with Crippen LogP contribution in [0.15, 0.2) is 36.4 Å². The van der Waals surface area contributed by atoms with Crippen LogP contribution in [0.5, 0.6) is 5.75 Å². The second-order valence-electron chi connectivity index (χ2n) is 4.85. The number of carboxylic acid groups (broad SMARTS) is 1. The van der Waals surface area contributed by atoms with E-state index in [9.17, 15) is 19.7 Å². The number of carbonyl (C=O) groups excluding carboxylic acids is 1. The molecule has 0 fully saturated rings. The summed E-state index contributed by atoms with van der Waals surface area (Å²) in [4.78, 5) is 33.8. The van der Waals surface area contributed by atoms with Crippen molar-refractivity contribution >= 4 is 29.0 Å². The molecule has 2 aromatic carbocycles. The lowest BCUT2D eigenvalue weighted by atomic mass is 9.96. The highest BCUT2D eigenvalue weighted by Gasteiger charge is 2.19. The molecule has 0 aliphatic rings. The lowest BCUT2D eigenvalue weighted by Gasteiger charge is -2.11. The number of nitro groups is 1. The Morgan fingerprint density at radius 3 is 2.38 bits per heavy atom. The Morgan fingerprint density at radius 1 is 1.25 bits per heavy atom. The van der Waals surface area contributed by atoms with Gasteiger partial charge < -0.3 is 9.84 Å². The van der Waals surface area contributed by atoms with E-state index < -0.39 is 23.1 Å². The minimum Gasteiger partial charge on any atom is -0.495 e. The Bertz CT molecular complexity index is 816. The molecule has 0 heterocycles. The van der Waals surface area contributed by atoms with Gasteiger partial charge in [-0.2, -0.15) is 0 Å². The fourth-order valence-electron chi connectivity index (χ4n) is 2.16. The molecule has 0 saturated heterocycles. The van der Waals surface area contributed by atoms with Crippen LogP contribution in [0, 0.1) is 10.1 Å². The van der Waals surface area contributed by atoms with Gasteiger partial charge in [0, 0.05) is 23.3 Å². The normalized spacial score (nSPS) is 10.2. The fraction of sp³-hybridized carbons (Fsp3) is 0.125. The third-order valence-corrected chi connectivity index (χ3v) is 3.60. The molecular formula is C16H12ClNO6. The molecule has 0 aliphatic heterocycles. The second kappa shape index (κ2) is 7.10. The van der Waals surface area contributed by atoms with Gasteiger partial charge in [-0.1, -0.05) is 11.6 Å². The van der Waals surface area contributed by atoms with Gasteiger partial charge in [-0.3, -0.25) is 19.7 Å². The number of rotatable bonds is 6. The number of ketones is 1. The third-order valence-electron chi connectivity index (χ3n) is 3.30. The summed E-state index contributed by atoms with van der Waals surface area (Å²) in [7, 11) is 1.37. The van der Waals surface area contributed by atoms with Crippen LogP contribution in [0.25, 0.3) is 0 Å². The summed E-state index contributed by atoms with van der Waals surface area (Å²) >= 11 is 5.99. The van der Waals surface area contributed by atoms with Gasteiger partial charge >= 0.3 is 5.97 Å². The highest BCUT2D eigenvalue weighted by Crippen LogP contribution is 2.30. The minimum absolute atomic E-state index is 0.118. The van der Waals surface area contributed by atoms with E-state index in [0.717, 1.165) is 0 Å². The first kappa shape index (κ1) is 17.4. The molecule has 0 amide bonds. The van der Waals surface area contributed by atoms with Gasteiger partial charge in [-0.25, -0.2) is 0 Å². The van der Waals surface area contributed by atoms with Gasteiger partial charge in [0.25, 0.3) is 5.69 Å². The molecule has 0 spiro atoms. The topological polar surface area (TPSA) is 107 Å². The first-order chi connectivity index (χ1) is 11.3. The summed E-state index contributed by atoms with van der Waals surface area (Å²) in [5.41, 5.74) is 0.395. The average Bonchev–Trinajstić information content (AvgIpc) is 2.54. The smallest absolute Gasteiger partial charge is 0.307 e. The molecule has 8 heteroatoms. The third kappa shape index (κ3) is 3.69. The van der Waals surface area contributed by atoms with E-state index in [1.165, 1.54) is 43.5 Å². The predicted octanol–water partition coefficient (Wildman–Crippen LogP) is 3.11. The van der Waals surface area contributed by atoms with Crippen molar-refractivity contribution in [2.75, 3.05) is 7.11 Å². The number of benzene rings is 2. The number of hydrogen-bond donors (Lipinski definition) is 1. The van der Waals surface area contributed by atoms with E-state index >= 15 is 0 Å². The standard InChI is InChI=1S/C16H12ClNO6/c1-24-14-8-12(10(6-13(14)17)7-15(19)20)16(21)9-2-4-11(5-3-9)18(22)23/h2-6,8H,7H2,1H3,(H,19,20). The van der Waals surface area contributed by atoms with Crippen molar-refractivity contribution in [1.29, 1.82) is 0 Å². The van der Waals surface area contributed by atoms with Crippen molar-refractivity contribution in [3.05, 3.63) is 68.2 Å². The molecule has 0 atom stereocenters. The van der Waals surface area contributed by atoms with Crippen LogP contribution in [0.2, 0.25) is 5.02 Å². The van der Waals surface area contributed by atoms with Crippen LogP contribution in [0.3, 0.4) is 0 Å².